The summed E-state index contributed by atoms with van der Waals surface area (Å²) in [5.41, 5.74) is 1.27. The monoisotopic (exact) mass is 466 g/mol. The minimum atomic E-state index is -0.678. The molecule has 0 aliphatic rings. The third-order valence-corrected chi connectivity index (χ3v) is 4.42. The number of aromatic nitrogens is 2. The van der Waals surface area contributed by atoms with Gasteiger partial charge in [0.1, 0.15) is 10.7 Å². The summed E-state index contributed by atoms with van der Waals surface area (Å²) in [4.78, 5) is 20.3. The van der Waals surface area contributed by atoms with Crippen molar-refractivity contribution in [2.45, 2.75) is 20.0 Å². The van der Waals surface area contributed by atoms with Crippen molar-refractivity contribution in [1.82, 2.24) is 9.97 Å². The fourth-order valence-corrected chi connectivity index (χ4v) is 2.88. The molecular formula is C23H20ClFN6O2. The van der Waals surface area contributed by atoms with Gasteiger partial charge in [0.05, 0.1) is 29.6 Å². The molecule has 0 aliphatic heterocycles. The summed E-state index contributed by atoms with van der Waals surface area (Å²) in [6.07, 6.45) is 2.10. The lowest BCUT2D eigenvalue weighted by molar-refractivity contribution is -0.111. The Hall–Kier alpha value is -4.16. The Morgan fingerprint density at radius 2 is 2.09 bits per heavy atom. The molecule has 168 valence electrons. The van der Waals surface area contributed by atoms with E-state index in [2.05, 4.69) is 38.6 Å². The highest BCUT2D eigenvalue weighted by molar-refractivity contribution is 6.32. The molecule has 3 N–H and O–H groups in total. The first-order chi connectivity index (χ1) is 15.8. The molecule has 10 heteroatoms. The molecule has 33 heavy (non-hydrogen) atoms. The fraction of sp³-hybridized carbons (Fsp3) is 0.130. The van der Waals surface area contributed by atoms with Crippen molar-refractivity contribution in [2.24, 2.45) is 0 Å². The second-order valence-electron chi connectivity index (χ2n) is 6.99. The average Bonchev–Trinajstić information content (AvgIpc) is 2.79. The zero-order valence-corrected chi connectivity index (χ0v) is 18.6. The van der Waals surface area contributed by atoms with Gasteiger partial charge in [-0.05, 0) is 50.3 Å². The number of rotatable bonds is 8. The predicted octanol–water partition coefficient (Wildman–Crippen LogP) is 5.54. The zero-order valence-electron chi connectivity index (χ0n) is 17.8. The quantitative estimate of drug-likeness (QED) is 0.373. The summed E-state index contributed by atoms with van der Waals surface area (Å²) in [7, 11) is 0. The second-order valence-corrected chi connectivity index (χ2v) is 7.40. The molecule has 0 unspecified atom stereocenters. The third-order valence-electron chi connectivity index (χ3n) is 4.14. The van der Waals surface area contributed by atoms with E-state index in [9.17, 15) is 9.18 Å². The highest BCUT2D eigenvalue weighted by Gasteiger charge is 2.19. The molecule has 0 saturated heterocycles. The number of nitrogens with one attached hydrogen (secondary N) is 3. The van der Waals surface area contributed by atoms with Crippen LogP contribution in [0.5, 0.6) is 5.75 Å². The Labute approximate surface area is 195 Å². The van der Waals surface area contributed by atoms with Crippen molar-refractivity contribution in [3.05, 3.63) is 71.7 Å². The number of carbonyl (C=O) groups is 1. The van der Waals surface area contributed by atoms with Crippen molar-refractivity contribution in [1.29, 1.82) is 5.26 Å². The predicted molar refractivity (Wildman–Crippen MR) is 126 cm³/mol. The number of anilines is 5. The second kappa shape index (κ2) is 10.4. The number of amides is 1. The molecule has 1 amide bonds. The largest absolute Gasteiger partial charge is 0.487 e. The Bertz CT molecular complexity index is 1240. The van der Waals surface area contributed by atoms with Crippen molar-refractivity contribution < 1.29 is 13.9 Å². The van der Waals surface area contributed by atoms with E-state index in [0.29, 0.717) is 16.9 Å². The van der Waals surface area contributed by atoms with Crippen LogP contribution in [0.2, 0.25) is 5.02 Å². The van der Waals surface area contributed by atoms with E-state index in [1.54, 1.807) is 38.1 Å². The lowest BCUT2D eigenvalue weighted by atomic mass is 10.2. The number of nitrogens with zero attached hydrogens (tertiary/aromatic N) is 3. The van der Waals surface area contributed by atoms with Crippen LogP contribution < -0.4 is 20.7 Å². The maximum atomic E-state index is 14.5. The molecule has 2 aromatic carbocycles. The van der Waals surface area contributed by atoms with Gasteiger partial charge in [-0.25, -0.2) is 9.37 Å². The van der Waals surface area contributed by atoms with E-state index < -0.39 is 11.7 Å². The summed E-state index contributed by atoms with van der Waals surface area (Å²) in [5, 5.41) is 17.8. The molecule has 0 atom stereocenters. The highest BCUT2D eigenvalue weighted by Crippen LogP contribution is 2.38. The number of nitriles is 1. The Balaban J connectivity index is 1.96. The first-order valence-electron chi connectivity index (χ1n) is 9.80. The first kappa shape index (κ1) is 23.5. The van der Waals surface area contributed by atoms with E-state index >= 15 is 0 Å². The minimum absolute atomic E-state index is 0.0787. The lowest BCUT2D eigenvalue weighted by Gasteiger charge is -2.19. The van der Waals surface area contributed by atoms with Gasteiger partial charge in [0.25, 0.3) is 0 Å². The minimum Gasteiger partial charge on any atom is -0.487 e. The molecule has 3 rings (SSSR count). The Morgan fingerprint density at radius 3 is 2.79 bits per heavy atom. The molecule has 0 spiro atoms. The molecule has 0 radical (unpaired) electrons. The standard InChI is InChI=1S/C23H20ClFN6O2/c1-4-19(32)30-20-17(25)8-9-18(21(20)33-13(2)3)29-23-27-12-16(24)22(31-23)28-15-7-5-6-14(10-15)11-26/h4-10,12-13H,1H2,2-3H3,(H,30,32)(H2,27,28,29,31). The maximum Gasteiger partial charge on any atom is 0.247 e. The molecular weight excluding hydrogens is 447 g/mol. The van der Waals surface area contributed by atoms with Gasteiger partial charge in [-0.1, -0.05) is 24.2 Å². The van der Waals surface area contributed by atoms with Gasteiger partial charge in [0.15, 0.2) is 17.4 Å². The van der Waals surface area contributed by atoms with Gasteiger partial charge in [0.2, 0.25) is 11.9 Å². The number of ether oxygens (including phenoxy) is 1. The van der Waals surface area contributed by atoms with Gasteiger partial charge in [0, 0.05) is 5.69 Å². The molecule has 0 aliphatic carbocycles. The molecule has 0 fully saturated rings. The van der Waals surface area contributed by atoms with E-state index in [1.807, 2.05) is 0 Å². The number of hydrogen-bond donors (Lipinski definition) is 3. The van der Waals surface area contributed by atoms with Crippen LogP contribution in [-0.2, 0) is 4.79 Å². The van der Waals surface area contributed by atoms with Gasteiger partial charge >= 0.3 is 0 Å². The summed E-state index contributed by atoms with van der Waals surface area (Å²) < 4.78 is 20.3. The maximum absolute atomic E-state index is 14.5. The Kier molecular flexibility index (Phi) is 7.43. The number of benzene rings is 2. The van der Waals surface area contributed by atoms with Crippen molar-refractivity contribution >= 4 is 46.3 Å². The fourth-order valence-electron chi connectivity index (χ4n) is 2.74. The van der Waals surface area contributed by atoms with Gasteiger partial charge < -0.3 is 20.7 Å². The molecule has 8 nitrogen and oxygen atoms in total. The first-order valence-corrected chi connectivity index (χ1v) is 10.2. The summed E-state index contributed by atoms with van der Waals surface area (Å²) >= 11 is 6.23. The van der Waals surface area contributed by atoms with Crippen LogP contribution >= 0.6 is 11.6 Å². The van der Waals surface area contributed by atoms with E-state index in [0.717, 1.165) is 6.08 Å². The third kappa shape index (κ3) is 5.96. The molecule has 1 aromatic heterocycles. The molecule has 1 heterocycles. The van der Waals surface area contributed by atoms with Crippen molar-refractivity contribution in [2.75, 3.05) is 16.0 Å². The van der Waals surface area contributed by atoms with Gasteiger partial charge in [-0.2, -0.15) is 10.2 Å². The van der Waals surface area contributed by atoms with Crippen LogP contribution in [0, 0.1) is 17.1 Å². The van der Waals surface area contributed by atoms with Crippen molar-refractivity contribution in [3.63, 3.8) is 0 Å². The number of halogens is 2. The van der Waals surface area contributed by atoms with Gasteiger partial charge in [-0.3, -0.25) is 4.79 Å². The highest BCUT2D eigenvalue weighted by atomic mass is 35.5. The molecule has 0 saturated carbocycles. The average molecular weight is 467 g/mol. The number of carbonyl (C=O) groups excluding carboxylic acids is 1. The van der Waals surface area contributed by atoms with E-state index in [1.165, 1.54) is 18.3 Å². The van der Waals surface area contributed by atoms with Crippen LogP contribution in [0.1, 0.15) is 19.4 Å². The van der Waals surface area contributed by atoms with Crippen LogP contribution in [0.4, 0.5) is 33.2 Å². The molecule has 3 aromatic rings. The SMILES string of the molecule is C=CC(=O)Nc1c(F)ccc(Nc2ncc(Cl)c(Nc3cccc(C#N)c3)n2)c1OC(C)C. The van der Waals surface area contributed by atoms with E-state index in [-0.39, 0.29) is 34.3 Å². The van der Waals surface area contributed by atoms with Crippen LogP contribution in [0.25, 0.3) is 0 Å². The van der Waals surface area contributed by atoms with Crippen molar-refractivity contribution in [3.8, 4) is 11.8 Å². The Morgan fingerprint density at radius 1 is 1.30 bits per heavy atom. The van der Waals surface area contributed by atoms with Crippen LogP contribution in [-0.4, -0.2) is 22.0 Å². The van der Waals surface area contributed by atoms with Crippen LogP contribution in [0.3, 0.4) is 0 Å². The topological polar surface area (TPSA) is 112 Å². The summed E-state index contributed by atoms with van der Waals surface area (Å²) in [5.74, 6) is -0.760. The van der Waals surface area contributed by atoms with Gasteiger partial charge in [-0.15, -0.1) is 0 Å². The smallest absolute Gasteiger partial charge is 0.247 e. The lowest BCUT2D eigenvalue weighted by Crippen LogP contribution is -2.15. The summed E-state index contributed by atoms with van der Waals surface area (Å²) in [6, 6.07) is 11.5. The normalized spacial score (nSPS) is 10.3. The number of hydrogen-bond acceptors (Lipinski definition) is 7. The zero-order chi connectivity index (χ0) is 24.0. The molecule has 0 bridgehead atoms. The van der Waals surface area contributed by atoms with E-state index in [4.69, 9.17) is 21.6 Å². The summed E-state index contributed by atoms with van der Waals surface area (Å²) in [6.45, 7) is 6.92. The van der Waals surface area contributed by atoms with Crippen LogP contribution in [0.15, 0.2) is 55.3 Å².